The van der Waals surface area contributed by atoms with Gasteiger partial charge < -0.3 is 10.1 Å². The summed E-state index contributed by atoms with van der Waals surface area (Å²) in [6.07, 6.45) is 2.88. The molecule has 1 fully saturated rings. The average molecular weight is 327 g/mol. The van der Waals surface area contributed by atoms with Crippen LogP contribution in [0.5, 0.6) is 0 Å². The summed E-state index contributed by atoms with van der Waals surface area (Å²) in [7, 11) is 0. The van der Waals surface area contributed by atoms with E-state index < -0.39 is 5.41 Å². The fourth-order valence-electron chi connectivity index (χ4n) is 3.12. The predicted molar refractivity (Wildman–Crippen MR) is 89.7 cm³/mol. The Kier molecular flexibility index (Phi) is 5.05. The molecule has 0 unspecified atom stereocenters. The van der Waals surface area contributed by atoms with Crippen molar-refractivity contribution < 1.29 is 9.53 Å². The molecule has 0 radical (unpaired) electrons. The van der Waals surface area contributed by atoms with Crippen LogP contribution in [0.4, 0.5) is 0 Å². The van der Waals surface area contributed by atoms with E-state index in [4.69, 9.17) is 4.74 Å². The summed E-state index contributed by atoms with van der Waals surface area (Å²) < 4.78 is 6.80. The van der Waals surface area contributed by atoms with Crippen molar-refractivity contribution in [2.75, 3.05) is 19.8 Å². The molecule has 1 saturated heterocycles. The minimum Gasteiger partial charge on any atom is -0.381 e. The third-order valence-corrected chi connectivity index (χ3v) is 4.50. The van der Waals surface area contributed by atoms with Gasteiger partial charge in [-0.2, -0.15) is 5.10 Å². The molecule has 3 rings (SSSR count). The summed E-state index contributed by atoms with van der Waals surface area (Å²) in [4.78, 5) is 24.6. The predicted octanol–water partition coefficient (Wildman–Crippen LogP) is 1.11. The van der Waals surface area contributed by atoms with Crippen LogP contribution in [0.25, 0.3) is 0 Å². The lowest BCUT2D eigenvalue weighted by atomic mass is 9.73. The van der Waals surface area contributed by atoms with Gasteiger partial charge in [0.2, 0.25) is 5.91 Å². The van der Waals surface area contributed by atoms with Gasteiger partial charge in [-0.1, -0.05) is 30.3 Å². The summed E-state index contributed by atoms with van der Waals surface area (Å²) in [5, 5.41) is 6.97. The zero-order chi connectivity index (χ0) is 16.8. The lowest BCUT2D eigenvalue weighted by Crippen LogP contribution is -2.49. The molecule has 1 aromatic carbocycles. The van der Waals surface area contributed by atoms with Gasteiger partial charge in [-0.3, -0.25) is 9.59 Å². The van der Waals surface area contributed by atoms with Crippen molar-refractivity contribution in [1.29, 1.82) is 0 Å². The van der Waals surface area contributed by atoms with Gasteiger partial charge in [-0.15, -0.1) is 0 Å². The highest BCUT2D eigenvalue weighted by Crippen LogP contribution is 2.35. The Morgan fingerprint density at radius 1 is 1.17 bits per heavy atom. The van der Waals surface area contributed by atoms with Crippen molar-refractivity contribution in [3.8, 4) is 0 Å². The Balaban J connectivity index is 1.71. The number of carbonyl (C=O) groups is 1. The second-order valence-corrected chi connectivity index (χ2v) is 5.90. The van der Waals surface area contributed by atoms with Gasteiger partial charge in [0.1, 0.15) is 0 Å². The molecule has 0 bridgehead atoms. The van der Waals surface area contributed by atoms with E-state index in [0.717, 1.165) is 5.56 Å². The van der Waals surface area contributed by atoms with Gasteiger partial charge in [-0.05, 0) is 24.5 Å². The number of carbonyl (C=O) groups excluding carboxylic acids is 1. The third-order valence-electron chi connectivity index (χ3n) is 4.50. The molecule has 1 aliphatic heterocycles. The van der Waals surface area contributed by atoms with Crippen molar-refractivity contribution in [1.82, 2.24) is 15.1 Å². The second-order valence-electron chi connectivity index (χ2n) is 5.90. The normalized spacial score (nSPS) is 16.5. The summed E-state index contributed by atoms with van der Waals surface area (Å²) in [5.74, 6) is -0.0130. The first-order valence-corrected chi connectivity index (χ1v) is 8.16. The van der Waals surface area contributed by atoms with Gasteiger partial charge in [-0.25, -0.2) is 4.68 Å². The minimum atomic E-state index is -0.561. The molecule has 2 heterocycles. The van der Waals surface area contributed by atoms with Crippen LogP contribution < -0.4 is 10.9 Å². The molecular weight excluding hydrogens is 306 g/mol. The zero-order valence-electron chi connectivity index (χ0n) is 13.5. The van der Waals surface area contributed by atoms with E-state index in [-0.39, 0.29) is 11.5 Å². The lowest BCUT2D eigenvalue weighted by molar-refractivity contribution is -0.130. The Morgan fingerprint density at radius 3 is 2.62 bits per heavy atom. The molecule has 24 heavy (non-hydrogen) atoms. The molecular formula is C18H21N3O3. The van der Waals surface area contributed by atoms with E-state index in [0.29, 0.717) is 39.1 Å². The smallest absolute Gasteiger partial charge is 0.266 e. The first kappa shape index (κ1) is 16.4. The standard InChI is InChI=1S/C18H21N3O3/c22-16-7-4-10-20-21(16)12-11-19-17(23)18(8-13-24-14-9-18)15-5-2-1-3-6-15/h1-7,10H,8-9,11-14H2,(H,19,23). The molecule has 1 N–H and O–H groups in total. The second kappa shape index (κ2) is 7.40. The van der Waals surface area contributed by atoms with Crippen molar-refractivity contribution in [3.05, 3.63) is 64.6 Å². The molecule has 126 valence electrons. The van der Waals surface area contributed by atoms with Gasteiger partial charge in [0.25, 0.3) is 5.56 Å². The number of hydrogen-bond acceptors (Lipinski definition) is 4. The molecule has 0 spiro atoms. The summed E-state index contributed by atoms with van der Waals surface area (Å²) in [6, 6.07) is 12.9. The van der Waals surface area contributed by atoms with Gasteiger partial charge in [0.15, 0.2) is 0 Å². The summed E-state index contributed by atoms with van der Waals surface area (Å²) >= 11 is 0. The maximum atomic E-state index is 12.9. The van der Waals surface area contributed by atoms with E-state index >= 15 is 0 Å². The van der Waals surface area contributed by atoms with Crippen LogP contribution in [-0.4, -0.2) is 35.4 Å². The van der Waals surface area contributed by atoms with Crippen LogP contribution in [0, 0.1) is 0 Å². The monoisotopic (exact) mass is 327 g/mol. The molecule has 1 aromatic heterocycles. The molecule has 0 saturated carbocycles. The number of amides is 1. The molecule has 0 atom stereocenters. The number of rotatable bonds is 5. The van der Waals surface area contributed by atoms with Gasteiger partial charge in [0, 0.05) is 32.0 Å². The minimum absolute atomic E-state index is 0.0130. The Labute approximate surface area is 140 Å². The van der Waals surface area contributed by atoms with Crippen LogP contribution in [0.2, 0.25) is 0 Å². The topological polar surface area (TPSA) is 73.2 Å². The van der Waals surface area contributed by atoms with E-state index in [1.807, 2.05) is 30.3 Å². The molecule has 2 aromatic rings. The summed E-state index contributed by atoms with van der Waals surface area (Å²) in [5.41, 5.74) is 0.283. The highest BCUT2D eigenvalue weighted by molar-refractivity contribution is 5.88. The van der Waals surface area contributed by atoms with Crippen LogP contribution in [0.3, 0.4) is 0 Å². The zero-order valence-corrected chi connectivity index (χ0v) is 13.5. The number of aromatic nitrogens is 2. The van der Waals surface area contributed by atoms with Crippen LogP contribution in [0.1, 0.15) is 18.4 Å². The van der Waals surface area contributed by atoms with Crippen molar-refractivity contribution in [2.24, 2.45) is 0 Å². The largest absolute Gasteiger partial charge is 0.381 e. The highest BCUT2D eigenvalue weighted by Gasteiger charge is 2.41. The molecule has 0 aliphatic carbocycles. The van der Waals surface area contributed by atoms with Crippen molar-refractivity contribution in [3.63, 3.8) is 0 Å². The molecule has 1 aliphatic rings. The maximum absolute atomic E-state index is 12.9. The first-order valence-electron chi connectivity index (χ1n) is 8.16. The Bertz CT molecular complexity index is 736. The fraction of sp³-hybridized carbons (Fsp3) is 0.389. The third kappa shape index (κ3) is 3.38. The highest BCUT2D eigenvalue weighted by atomic mass is 16.5. The SMILES string of the molecule is O=C(NCCn1ncccc1=O)C1(c2ccccc2)CCOCC1. The number of hydrogen-bond donors (Lipinski definition) is 1. The van der Waals surface area contributed by atoms with Crippen LogP contribution >= 0.6 is 0 Å². The lowest BCUT2D eigenvalue weighted by Gasteiger charge is -2.36. The average Bonchev–Trinajstić information content (AvgIpc) is 2.64. The van der Waals surface area contributed by atoms with E-state index in [2.05, 4.69) is 10.4 Å². The maximum Gasteiger partial charge on any atom is 0.266 e. The molecule has 6 nitrogen and oxygen atoms in total. The first-order chi connectivity index (χ1) is 11.7. The number of nitrogens with one attached hydrogen (secondary N) is 1. The van der Waals surface area contributed by atoms with Crippen molar-refractivity contribution in [2.45, 2.75) is 24.8 Å². The van der Waals surface area contributed by atoms with E-state index in [1.165, 1.54) is 10.7 Å². The van der Waals surface area contributed by atoms with Crippen LogP contribution in [-0.2, 0) is 21.5 Å². The number of ether oxygens (including phenoxy) is 1. The van der Waals surface area contributed by atoms with E-state index in [1.54, 1.807) is 12.3 Å². The van der Waals surface area contributed by atoms with Crippen molar-refractivity contribution >= 4 is 5.91 Å². The van der Waals surface area contributed by atoms with Crippen LogP contribution in [0.15, 0.2) is 53.5 Å². The molecule has 1 amide bonds. The van der Waals surface area contributed by atoms with Gasteiger partial charge in [0.05, 0.1) is 12.0 Å². The molecule has 6 heteroatoms. The van der Waals surface area contributed by atoms with Gasteiger partial charge >= 0.3 is 0 Å². The number of benzene rings is 1. The van der Waals surface area contributed by atoms with E-state index in [9.17, 15) is 9.59 Å². The fourth-order valence-corrected chi connectivity index (χ4v) is 3.12. The quantitative estimate of drug-likeness (QED) is 0.893. The summed E-state index contributed by atoms with van der Waals surface area (Å²) in [6.45, 7) is 1.86. The Morgan fingerprint density at radius 2 is 1.92 bits per heavy atom. The Hall–Kier alpha value is -2.47. The number of nitrogens with zero attached hydrogens (tertiary/aromatic N) is 2.